The highest BCUT2D eigenvalue weighted by molar-refractivity contribution is 7.92. The van der Waals surface area contributed by atoms with Crippen molar-refractivity contribution in [2.24, 2.45) is 0 Å². The molecular weight excluding hydrogens is 472 g/mol. The summed E-state index contributed by atoms with van der Waals surface area (Å²) in [5.74, 6) is 0.527. The summed E-state index contributed by atoms with van der Waals surface area (Å²) in [6.07, 6.45) is 2.64. The number of hydrogen-bond acceptors (Lipinski definition) is 5. The molecule has 0 radical (unpaired) electrons. The molecule has 7 heteroatoms. The number of aliphatic hydroxyl groups is 1. The van der Waals surface area contributed by atoms with Crippen LogP contribution in [0.25, 0.3) is 0 Å². The van der Waals surface area contributed by atoms with Gasteiger partial charge in [0.15, 0.2) is 0 Å². The van der Waals surface area contributed by atoms with E-state index in [0.717, 1.165) is 23.4 Å². The molecular formula is C29H38N2O4S. The molecule has 36 heavy (non-hydrogen) atoms. The summed E-state index contributed by atoms with van der Waals surface area (Å²) >= 11 is 0. The summed E-state index contributed by atoms with van der Waals surface area (Å²) in [4.78, 5) is 2.04. The minimum atomic E-state index is -3.45. The SMILES string of the molecule is CCC(c1ccc(OC)cc1)C(O)(c1ccccc1)c1ccc(N(CCCN(C)C)S(C)(=O)=O)cc1. The van der Waals surface area contributed by atoms with Crippen molar-refractivity contribution in [2.45, 2.75) is 31.3 Å². The number of hydrogen-bond donors (Lipinski definition) is 1. The standard InChI is InChI=1S/C29H38N2O4S/c1-6-28(23-13-19-27(35-4)20-14-23)29(32,24-11-8-7-9-12-24)25-15-17-26(18-16-25)31(36(5,33)34)22-10-21-30(2)3/h7-9,11-20,28,32H,6,10,21-22H2,1-5H3. The van der Waals surface area contributed by atoms with Crippen molar-refractivity contribution in [3.63, 3.8) is 0 Å². The van der Waals surface area contributed by atoms with Gasteiger partial charge in [-0.05, 0) is 74.4 Å². The van der Waals surface area contributed by atoms with Crippen molar-refractivity contribution in [3.8, 4) is 5.75 Å². The molecule has 0 spiro atoms. The zero-order valence-corrected chi connectivity index (χ0v) is 22.7. The molecule has 0 saturated carbocycles. The number of ether oxygens (including phenoxy) is 1. The number of sulfonamides is 1. The topological polar surface area (TPSA) is 70.1 Å². The van der Waals surface area contributed by atoms with E-state index >= 15 is 0 Å². The molecule has 0 saturated heterocycles. The summed E-state index contributed by atoms with van der Waals surface area (Å²) in [6.45, 7) is 3.24. The van der Waals surface area contributed by atoms with E-state index in [9.17, 15) is 13.5 Å². The molecule has 2 unspecified atom stereocenters. The van der Waals surface area contributed by atoms with Gasteiger partial charge in [-0.1, -0.05) is 61.5 Å². The van der Waals surface area contributed by atoms with E-state index in [4.69, 9.17) is 4.74 Å². The lowest BCUT2D eigenvalue weighted by Gasteiger charge is -2.38. The average Bonchev–Trinajstić information content (AvgIpc) is 2.87. The third-order valence-corrected chi connectivity index (χ3v) is 7.80. The van der Waals surface area contributed by atoms with E-state index < -0.39 is 15.6 Å². The van der Waals surface area contributed by atoms with Crippen LogP contribution in [0.3, 0.4) is 0 Å². The monoisotopic (exact) mass is 510 g/mol. The van der Waals surface area contributed by atoms with Gasteiger partial charge in [-0.3, -0.25) is 4.31 Å². The molecule has 2 atom stereocenters. The lowest BCUT2D eigenvalue weighted by Crippen LogP contribution is -2.35. The van der Waals surface area contributed by atoms with Gasteiger partial charge in [-0.15, -0.1) is 0 Å². The molecule has 0 heterocycles. The Morgan fingerprint density at radius 3 is 1.97 bits per heavy atom. The van der Waals surface area contributed by atoms with Crippen LogP contribution in [0.4, 0.5) is 5.69 Å². The molecule has 0 fully saturated rings. The zero-order valence-electron chi connectivity index (χ0n) is 21.9. The molecule has 0 bridgehead atoms. The first-order valence-electron chi connectivity index (χ1n) is 12.3. The van der Waals surface area contributed by atoms with Crippen LogP contribution in [0.5, 0.6) is 5.75 Å². The third kappa shape index (κ3) is 6.27. The number of nitrogens with zero attached hydrogens (tertiary/aromatic N) is 2. The van der Waals surface area contributed by atoms with E-state index in [-0.39, 0.29) is 5.92 Å². The minimum Gasteiger partial charge on any atom is -0.497 e. The predicted molar refractivity (Wildman–Crippen MR) is 147 cm³/mol. The van der Waals surface area contributed by atoms with Gasteiger partial charge < -0.3 is 14.7 Å². The Hall–Kier alpha value is -2.87. The lowest BCUT2D eigenvalue weighted by atomic mass is 9.72. The van der Waals surface area contributed by atoms with E-state index in [1.807, 2.05) is 85.7 Å². The molecule has 0 amide bonds. The highest BCUT2D eigenvalue weighted by atomic mass is 32.2. The molecule has 0 aliphatic rings. The van der Waals surface area contributed by atoms with Crippen molar-refractivity contribution in [3.05, 3.63) is 95.6 Å². The highest BCUT2D eigenvalue weighted by Crippen LogP contribution is 2.45. The van der Waals surface area contributed by atoms with Crippen LogP contribution in [0, 0.1) is 0 Å². The normalized spacial score (nSPS) is 14.3. The number of benzene rings is 3. The van der Waals surface area contributed by atoms with Crippen molar-refractivity contribution in [1.82, 2.24) is 4.90 Å². The first kappa shape index (κ1) is 27.7. The predicted octanol–water partition coefficient (Wildman–Crippen LogP) is 4.84. The first-order chi connectivity index (χ1) is 17.1. The minimum absolute atomic E-state index is 0.234. The average molecular weight is 511 g/mol. The maximum Gasteiger partial charge on any atom is 0.232 e. The number of rotatable bonds is 12. The Morgan fingerprint density at radius 2 is 1.47 bits per heavy atom. The first-order valence-corrected chi connectivity index (χ1v) is 14.1. The van der Waals surface area contributed by atoms with E-state index in [1.54, 1.807) is 19.2 Å². The van der Waals surface area contributed by atoms with E-state index in [0.29, 0.717) is 30.6 Å². The fraction of sp³-hybridized carbons (Fsp3) is 0.379. The smallest absolute Gasteiger partial charge is 0.232 e. The molecule has 0 aliphatic heterocycles. The summed E-state index contributed by atoms with van der Waals surface area (Å²) in [7, 11) is 2.13. The Labute approximate surface area is 216 Å². The molecule has 0 aliphatic carbocycles. The van der Waals surface area contributed by atoms with Crippen molar-refractivity contribution >= 4 is 15.7 Å². The molecule has 194 valence electrons. The fourth-order valence-corrected chi connectivity index (χ4v) is 5.73. The van der Waals surface area contributed by atoms with Crippen LogP contribution in [0.2, 0.25) is 0 Å². The fourth-order valence-electron chi connectivity index (χ4n) is 4.77. The summed E-state index contributed by atoms with van der Waals surface area (Å²) in [5.41, 5.74) is 1.76. The van der Waals surface area contributed by atoms with Crippen LogP contribution in [-0.2, 0) is 15.6 Å². The Balaban J connectivity index is 2.05. The second-order valence-electron chi connectivity index (χ2n) is 9.41. The third-order valence-electron chi connectivity index (χ3n) is 6.61. The van der Waals surface area contributed by atoms with Crippen molar-refractivity contribution in [2.75, 3.05) is 44.9 Å². The van der Waals surface area contributed by atoms with Gasteiger partial charge in [0.1, 0.15) is 11.4 Å². The van der Waals surface area contributed by atoms with Gasteiger partial charge in [0.2, 0.25) is 10.0 Å². The Kier molecular flexibility index (Phi) is 9.17. The largest absolute Gasteiger partial charge is 0.497 e. The number of anilines is 1. The maximum atomic E-state index is 12.6. The van der Waals surface area contributed by atoms with Crippen LogP contribution >= 0.6 is 0 Å². The quantitative estimate of drug-likeness (QED) is 0.378. The van der Waals surface area contributed by atoms with Gasteiger partial charge in [0.25, 0.3) is 0 Å². The zero-order chi connectivity index (χ0) is 26.3. The molecule has 3 aromatic rings. The number of methoxy groups -OCH3 is 1. The second kappa shape index (κ2) is 11.9. The van der Waals surface area contributed by atoms with Crippen LogP contribution < -0.4 is 9.04 Å². The van der Waals surface area contributed by atoms with Crippen molar-refractivity contribution < 1.29 is 18.3 Å². The second-order valence-corrected chi connectivity index (χ2v) is 11.3. The van der Waals surface area contributed by atoms with Crippen LogP contribution in [-0.4, -0.2) is 59.0 Å². The molecule has 3 aromatic carbocycles. The summed E-state index contributed by atoms with van der Waals surface area (Å²) in [6, 6.07) is 24.7. The van der Waals surface area contributed by atoms with Crippen LogP contribution in [0.1, 0.15) is 42.4 Å². The summed E-state index contributed by atoms with van der Waals surface area (Å²) in [5, 5.41) is 12.4. The molecule has 3 rings (SSSR count). The molecule has 0 aromatic heterocycles. The summed E-state index contributed by atoms with van der Waals surface area (Å²) < 4.78 is 31.9. The van der Waals surface area contributed by atoms with Gasteiger partial charge in [-0.25, -0.2) is 8.42 Å². The van der Waals surface area contributed by atoms with E-state index in [1.165, 1.54) is 10.6 Å². The van der Waals surface area contributed by atoms with Gasteiger partial charge >= 0.3 is 0 Å². The lowest BCUT2D eigenvalue weighted by molar-refractivity contribution is 0.0476. The van der Waals surface area contributed by atoms with Gasteiger partial charge in [-0.2, -0.15) is 0 Å². The van der Waals surface area contributed by atoms with Crippen LogP contribution in [0.15, 0.2) is 78.9 Å². The van der Waals surface area contributed by atoms with E-state index in [2.05, 4.69) is 6.92 Å². The molecule has 1 N–H and O–H groups in total. The van der Waals surface area contributed by atoms with Gasteiger partial charge in [0.05, 0.1) is 19.1 Å². The maximum absolute atomic E-state index is 12.6. The van der Waals surface area contributed by atoms with Gasteiger partial charge in [0, 0.05) is 12.5 Å². The Morgan fingerprint density at radius 1 is 0.889 bits per heavy atom. The molecule has 6 nitrogen and oxygen atoms in total. The highest BCUT2D eigenvalue weighted by Gasteiger charge is 2.40. The van der Waals surface area contributed by atoms with Crippen molar-refractivity contribution in [1.29, 1.82) is 0 Å². The Bertz CT molecular complexity index is 1200.